The van der Waals surface area contributed by atoms with Crippen molar-refractivity contribution in [3.05, 3.63) is 0 Å². The van der Waals surface area contributed by atoms with Crippen LogP contribution in [0.1, 0.15) is 91.4 Å². The fraction of sp³-hybridized carbons (Fsp3) is 0.917. The zero-order valence-corrected chi connectivity index (χ0v) is 21.5. The minimum atomic E-state index is -2.43. The van der Waals surface area contributed by atoms with Crippen molar-refractivity contribution in [1.29, 1.82) is 0 Å². The Morgan fingerprint density at radius 1 is 1.03 bits per heavy atom. The molecule has 2 fully saturated rings. The van der Waals surface area contributed by atoms with Gasteiger partial charge in [0.25, 0.3) is 0 Å². The number of methoxy groups -OCH3 is 1. The van der Waals surface area contributed by atoms with Crippen molar-refractivity contribution >= 4 is 20.1 Å². The van der Waals surface area contributed by atoms with Gasteiger partial charge in [-0.3, -0.25) is 9.36 Å². The first-order chi connectivity index (χ1) is 15.2. The van der Waals surface area contributed by atoms with E-state index in [4.69, 9.17) is 14.0 Å². The minimum Gasteiger partial charge on any atom is -0.469 e. The zero-order chi connectivity index (χ0) is 23.6. The summed E-state index contributed by atoms with van der Waals surface area (Å²) in [6, 6.07) is -0.244. The third-order valence-corrected chi connectivity index (χ3v) is 7.95. The van der Waals surface area contributed by atoms with Crippen LogP contribution in [0.5, 0.6) is 0 Å². The van der Waals surface area contributed by atoms with E-state index in [1.54, 1.807) is 0 Å². The minimum absolute atomic E-state index is 0.112. The number of nitrogens with one attached hydrogen (secondary N) is 1. The predicted octanol–water partition coefficient (Wildman–Crippen LogP) is 5.71. The van der Waals surface area contributed by atoms with Gasteiger partial charge in [0.15, 0.2) is 8.03 Å². The van der Waals surface area contributed by atoms with Crippen molar-refractivity contribution in [1.82, 2.24) is 5.32 Å². The molecular formula is C24H44NO6P. The van der Waals surface area contributed by atoms with Crippen molar-refractivity contribution < 1.29 is 28.2 Å². The molecule has 3 atom stereocenters. The molecule has 1 N–H and O–H groups in total. The third-order valence-electron chi connectivity index (χ3n) is 6.69. The lowest BCUT2D eigenvalue weighted by Gasteiger charge is -2.31. The summed E-state index contributed by atoms with van der Waals surface area (Å²) in [5, 5.41) is 2.95. The summed E-state index contributed by atoms with van der Waals surface area (Å²) in [4.78, 5) is 24.6. The summed E-state index contributed by atoms with van der Waals surface area (Å²) in [6.07, 6.45) is 11.9. The molecule has 0 aliphatic heterocycles. The molecule has 1 amide bonds. The van der Waals surface area contributed by atoms with Crippen LogP contribution in [0.15, 0.2) is 0 Å². The molecule has 7 nitrogen and oxygen atoms in total. The van der Waals surface area contributed by atoms with Crippen molar-refractivity contribution in [2.45, 2.75) is 103 Å². The molecule has 0 aromatic rings. The van der Waals surface area contributed by atoms with Gasteiger partial charge in [-0.25, -0.2) is 4.79 Å². The monoisotopic (exact) mass is 473 g/mol. The molecule has 0 saturated heterocycles. The van der Waals surface area contributed by atoms with Crippen LogP contribution < -0.4 is 5.32 Å². The van der Waals surface area contributed by atoms with E-state index in [-0.39, 0.29) is 36.6 Å². The molecule has 8 heteroatoms. The molecule has 3 unspecified atom stereocenters. The van der Waals surface area contributed by atoms with Crippen LogP contribution in [0.2, 0.25) is 0 Å². The Bertz CT molecular complexity index is 608. The van der Waals surface area contributed by atoms with Crippen LogP contribution in [-0.4, -0.2) is 43.6 Å². The SMILES string of the molecule is COC(=O)C(CCC1CCCC1)CO[PH](=O)CC(NC(=O)OC(C)(C)C)C1CCCCC1. The average Bonchev–Trinajstić information content (AvgIpc) is 3.25. The maximum absolute atomic E-state index is 12.9. The number of rotatable bonds is 11. The highest BCUT2D eigenvalue weighted by Gasteiger charge is 2.30. The number of alkyl carbamates (subject to hydrolysis) is 1. The lowest BCUT2D eigenvalue weighted by Crippen LogP contribution is -2.45. The second kappa shape index (κ2) is 13.6. The molecule has 0 spiro atoms. The third kappa shape index (κ3) is 10.2. The second-order valence-electron chi connectivity index (χ2n) is 10.5. The summed E-state index contributed by atoms with van der Waals surface area (Å²) >= 11 is 0. The topological polar surface area (TPSA) is 90.9 Å². The Balaban J connectivity index is 1.89. The van der Waals surface area contributed by atoms with Gasteiger partial charge in [-0.1, -0.05) is 44.9 Å². The van der Waals surface area contributed by atoms with Crippen LogP contribution in [0.25, 0.3) is 0 Å². The molecule has 186 valence electrons. The van der Waals surface area contributed by atoms with E-state index in [9.17, 15) is 14.2 Å². The smallest absolute Gasteiger partial charge is 0.407 e. The van der Waals surface area contributed by atoms with Gasteiger partial charge in [0.1, 0.15) is 5.60 Å². The number of ether oxygens (including phenoxy) is 2. The first kappa shape index (κ1) is 27.2. The maximum atomic E-state index is 12.9. The molecule has 32 heavy (non-hydrogen) atoms. The summed E-state index contributed by atoms with van der Waals surface area (Å²) < 4.78 is 28.9. The van der Waals surface area contributed by atoms with Crippen LogP contribution in [-0.2, 0) is 23.4 Å². The molecule has 0 aromatic carbocycles. The highest BCUT2D eigenvalue weighted by molar-refractivity contribution is 7.39. The molecule has 2 aliphatic rings. The van der Waals surface area contributed by atoms with Gasteiger partial charge in [0, 0.05) is 12.2 Å². The quantitative estimate of drug-likeness (QED) is 0.305. The van der Waals surface area contributed by atoms with E-state index in [1.165, 1.54) is 39.2 Å². The lowest BCUT2D eigenvalue weighted by atomic mass is 9.84. The number of esters is 1. The van der Waals surface area contributed by atoms with E-state index in [2.05, 4.69) is 5.32 Å². The summed E-state index contributed by atoms with van der Waals surface area (Å²) in [7, 11) is -1.04. The van der Waals surface area contributed by atoms with Crippen molar-refractivity contribution in [2.24, 2.45) is 17.8 Å². The maximum Gasteiger partial charge on any atom is 0.407 e. The van der Waals surface area contributed by atoms with E-state index in [0.717, 1.165) is 32.1 Å². The fourth-order valence-corrected chi connectivity index (χ4v) is 6.23. The van der Waals surface area contributed by atoms with Gasteiger partial charge in [0.2, 0.25) is 0 Å². The highest BCUT2D eigenvalue weighted by atomic mass is 31.1. The van der Waals surface area contributed by atoms with Crippen LogP contribution >= 0.6 is 8.03 Å². The summed E-state index contributed by atoms with van der Waals surface area (Å²) in [6.45, 7) is 5.59. The van der Waals surface area contributed by atoms with Crippen LogP contribution in [0.4, 0.5) is 4.79 Å². The standard InChI is InChI=1S/C24H44NO6P/c1-24(2,3)31-23(27)25-21(19-12-6-5-7-13-19)17-32(28)30-16-20(22(26)29-4)15-14-18-10-8-9-11-18/h18-21,32H,5-17H2,1-4H3,(H,25,27). The van der Waals surface area contributed by atoms with Gasteiger partial charge >= 0.3 is 12.1 Å². The molecule has 2 aliphatic carbocycles. The summed E-state index contributed by atoms with van der Waals surface area (Å²) in [5.74, 6) is 0.260. The van der Waals surface area contributed by atoms with Crippen LogP contribution in [0, 0.1) is 17.8 Å². The van der Waals surface area contributed by atoms with Crippen molar-refractivity contribution in [3.8, 4) is 0 Å². The Morgan fingerprint density at radius 2 is 1.66 bits per heavy atom. The van der Waals surface area contributed by atoms with E-state index >= 15 is 0 Å². The van der Waals surface area contributed by atoms with Gasteiger partial charge in [-0.15, -0.1) is 0 Å². The van der Waals surface area contributed by atoms with E-state index < -0.39 is 19.7 Å². The average molecular weight is 474 g/mol. The molecule has 0 heterocycles. The number of hydrogen-bond donors (Lipinski definition) is 1. The molecule has 0 bridgehead atoms. The Kier molecular flexibility index (Phi) is 11.5. The molecule has 0 aromatic heterocycles. The first-order valence-electron chi connectivity index (χ1n) is 12.4. The Hall–Kier alpha value is -1.07. The van der Waals surface area contributed by atoms with Crippen molar-refractivity contribution in [3.63, 3.8) is 0 Å². The highest BCUT2D eigenvalue weighted by Crippen LogP contribution is 2.34. The largest absolute Gasteiger partial charge is 0.469 e. The fourth-order valence-electron chi connectivity index (χ4n) is 4.93. The Morgan fingerprint density at radius 3 is 2.25 bits per heavy atom. The second-order valence-corrected chi connectivity index (χ2v) is 11.9. The number of carbonyl (C=O) groups is 2. The van der Waals surface area contributed by atoms with E-state index in [0.29, 0.717) is 12.3 Å². The number of carbonyl (C=O) groups excluding carboxylic acids is 2. The first-order valence-corrected chi connectivity index (χ1v) is 13.9. The number of hydrogen-bond acceptors (Lipinski definition) is 6. The molecule has 2 saturated carbocycles. The van der Waals surface area contributed by atoms with E-state index in [1.807, 2.05) is 20.8 Å². The number of amides is 1. The lowest BCUT2D eigenvalue weighted by molar-refractivity contribution is -0.146. The van der Waals surface area contributed by atoms with Gasteiger partial charge < -0.3 is 19.3 Å². The molecular weight excluding hydrogens is 429 g/mol. The van der Waals surface area contributed by atoms with Gasteiger partial charge in [0.05, 0.1) is 19.6 Å². The predicted molar refractivity (Wildman–Crippen MR) is 126 cm³/mol. The zero-order valence-electron chi connectivity index (χ0n) is 20.5. The summed E-state index contributed by atoms with van der Waals surface area (Å²) in [5.41, 5.74) is -0.587. The van der Waals surface area contributed by atoms with Gasteiger partial charge in [-0.2, -0.15) is 0 Å². The van der Waals surface area contributed by atoms with Crippen LogP contribution in [0.3, 0.4) is 0 Å². The van der Waals surface area contributed by atoms with Gasteiger partial charge in [-0.05, 0) is 58.3 Å². The normalized spacial score (nSPS) is 21.0. The Labute approximate surface area is 194 Å². The van der Waals surface area contributed by atoms with Crippen molar-refractivity contribution in [2.75, 3.05) is 19.9 Å². The molecule has 2 rings (SSSR count). The molecule has 0 radical (unpaired) electrons.